The Morgan fingerprint density at radius 2 is 1.77 bits per heavy atom. The highest BCUT2D eigenvalue weighted by Crippen LogP contribution is 2.27. The molecule has 0 radical (unpaired) electrons. The van der Waals surface area contributed by atoms with Gasteiger partial charge in [0.05, 0.1) is 12.4 Å². The van der Waals surface area contributed by atoms with E-state index in [-0.39, 0.29) is 5.91 Å². The number of hydrogen-bond acceptors (Lipinski definition) is 5. The van der Waals surface area contributed by atoms with Crippen molar-refractivity contribution in [1.29, 1.82) is 0 Å². The van der Waals surface area contributed by atoms with Crippen LogP contribution in [0.3, 0.4) is 0 Å². The average molecular weight is 406 g/mol. The highest BCUT2D eigenvalue weighted by atomic mass is 16.1. The fraction of sp³-hybridized carbons (Fsp3) is 0.542. The number of carbonyl (C=O) groups is 1. The molecular formula is C24H31N5O. The summed E-state index contributed by atoms with van der Waals surface area (Å²) in [6.45, 7) is 4.91. The van der Waals surface area contributed by atoms with Crippen LogP contribution in [0.25, 0.3) is 0 Å². The molecule has 1 saturated heterocycles. The van der Waals surface area contributed by atoms with E-state index in [9.17, 15) is 4.79 Å². The Morgan fingerprint density at radius 1 is 0.967 bits per heavy atom. The molecule has 2 aliphatic heterocycles. The van der Waals surface area contributed by atoms with Gasteiger partial charge in [-0.3, -0.25) is 9.69 Å². The van der Waals surface area contributed by atoms with Gasteiger partial charge in [-0.15, -0.1) is 0 Å². The van der Waals surface area contributed by atoms with Crippen molar-refractivity contribution < 1.29 is 4.79 Å². The monoisotopic (exact) mass is 405 g/mol. The van der Waals surface area contributed by atoms with E-state index in [2.05, 4.69) is 43.3 Å². The molecule has 30 heavy (non-hydrogen) atoms. The number of hydrogen-bond donors (Lipinski definition) is 1. The van der Waals surface area contributed by atoms with Gasteiger partial charge >= 0.3 is 0 Å². The zero-order chi connectivity index (χ0) is 20.3. The van der Waals surface area contributed by atoms with Crippen LogP contribution in [0.4, 0.5) is 5.82 Å². The summed E-state index contributed by atoms with van der Waals surface area (Å²) in [5.74, 6) is 0.701. The Bertz CT molecular complexity index is 887. The van der Waals surface area contributed by atoms with Crippen molar-refractivity contribution in [3.8, 4) is 0 Å². The van der Waals surface area contributed by atoms with E-state index >= 15 is 0 Å². The number of nitrogens with zero attached hydrogens (tertiary/aromatic N) is 4. The molecule has 0 bridgehead atoms. The smallest absolute Gasteiger partial charge is 0.271 e. The minimum atomic E-state index is -0.165. The second-order valence-corrected chi connectivity index (χ2v) is 8.86. The summed E-state index contributed by atoms with van der Waals surface area (Å²) in [5, 5.41) is 3.01. The van der Waals surface area contributed by atoms with Gasteiger partial charge in [0.25, 0.3) is 5.91 Å². The van der Waals surface area contributed by atoms with Crippen molar-refractivity contribution in [2.75, 3.05) is 31.1 Å². The largest absolute Gasteiger partial charge is 0.355 e. The van der Waals surface area contributed by atoms with Gasteiger partial charge in [0.2, 0.25) is 0 Å². The van der Waals surface area contributed by atoms with E-state index in [0.29, 0.717) is 12.2 Å². The first kappa shape index (κ1) is 19.5. The highest BCUT2D eigenvalue weighted by Gasteiger charge is 2.26. The minimum absolute atomic E-state index is 0.165. The first-order valence-corrected chi connectivity index (χ1v) is 11.5. The molecule has 5 rings (SSSR count). The molecule has 6 nitrogen and oxygen atoms in total. The van der Waals surface area contributed by atoms with Gasteiger partial charge in [-0.1, -0.05) is 24.6 Å². The van der Waals surface area contributed by atoms with E-state index in [0.717, 1.165) is 49.9 Å². The first-order valence-electron chi connectivity index (χ1n) is 11.5. The molecule has 3 aliphatic rings. The minimum Gasteiger partial charge on any atom is -0.355 e. The molecule has 1 aliphatic carbocycles. The predicted molar refractivity (Wildman–Crippen MR) is 118 cm³/mol. The van der Waals surface area contributed by atoms with Gasteiger partial charge < -0.3 is 10.2 Å². The van der Waals surface area contributed by atoms with E-state index in [1.165, 1.54) is 49.8 Å². The van der Waals surface area contributed by atoms with Crippen LogP contribution in [0.15, 0.2) is 30.6 Å². The second-order valence-electron chi connectivity index (χ2n) is 8.86. The molecular weight excluding hydrogens is 374 g/mol. The summed E-state index contributed by atoms with van der Waals surface area (Å²) in [7, 11) is 0. The van der Waals surface area contributed by atoms with Gasteiger partial charge in [-0.25, -0.2) is 9.97 Å². The normalized spacial score (nSPS) is 19.8. The van der Waals surface area contributed by atoms with Crippen molar-refractivity contribution in [1.82, 2.24) is 20.2 Å². The summed E-state index contributed by atoms with van der Waals surface area (Å²) >= 11 is 0. The highest BCUT2D eigenvalue weighted by molar-refractivity contribution is 5.91. The van der Waals surface area contributed by atoms with Gasteiger partial charge in [-0.2, -0.15) is 0 Å². The molecule has 1 N–H and O–H groups in total. The number of nitrogens with one attached hydrogen (secondary N) is 1. The van der Waals surface area contributed by atoms with Crippen LogP contribution < -0.4 is 10.2 Å². The maximum atomic E-state index is 12.5. The topological polar surface area (TPSA) is 61.4 Å². The molecule has 158 valence electrons. The molecule has 3 heterocycles. The molecule has 2 fully saturated rings. The SMILES string of the molecule is O=C(NCc1ccc2c(c1)CCN(C1CCC1)CC2)c1cnc(N2CCCC2)cn1. The summed E-state index contributed by atoms with van der Waals surface area (Å²) in [4.78, 5) is 26.2. The molecule has 0 spiro atoms. The lowest BCUT2D eigenvalue weighted by molar-refractivity contribution is 0.0945. The van der Waals surface area contributed by atoms with Crippen LogP contribution in [-0.2, 0) is 19.4 Å². The summed E-state index contributed by atoms with van der Waals surface area (Å²) in [5.41, 5.74) is 4.44. The van der Waals surface area contributed by atoms with Crippen LogP contribution in [0.5, 0.6) is 0 Å². The van der Waals surface area contributed by atoms with Crippen molar-refractivity contribution in [3.63, 3.8) is 0 Å². The summed E-state index contributed by atoms with van der Waals surface area (Å²) in [6.07, 6.45) is 12.1. The van der Waals surface area contributed by atoms with Gasteiger partial charge in [0.1, 0.15) is 11.5 Å². The Hall–Kier alpha value is -2.47. The maximum absolute atomic E-state index is 12.5. The van der Waals surface area contributed by atoms with Crippen molar-refractivity contribution in [2.45, 2.75) is 57.5 Å². The quantitative estimate of drug-likeness (QED) is 0.829. The summed E-state index contributed by atoms with van der Waals surface area (Å²) in [6, 6.07) is 7.50. The van der Waals surface area contributed by atoms with Crippen molar-refractivity contribution in [2.24, 2.45) is 0 Å². The zero-order valence-corrected chi connectivity index (χ0v) is 17.6. The van der Waals surface area contributed by atoms with E-state index in [1.54, 1.807) is 12.4 Å². The molecule has 0 unspecified atom stereocenters. The Morgan fingerprint density at radius 3 is 2.47 bits per heavy atom. The third kappa shape index (κ3) is 4.19. The molecule has 0 atom stereocenters. The van der Waals surface area contributed by atoms with Gasteiger partial charge in [0, 0.05) is 38.8 Å². The lowest BCUT2D eigenvalue weighted by Crippen LogP contribution is -2.41. The van der Waals surface area contributed by atoms with Crippen molar-refractivity contribution >= 4 is 11.7 Å². The summed E-state index contributed by atoms with van der Waals surface area (Å²) < 4.78 is 0. The number of benzene rings is 1. The van der Waals surface area contributed by atoms with Gasteiger partial charge in [0.15, 0.2) is 0 Å². The molecule has 2 aromatic rings. The second kappa shape index (κ2) is 8.72. The lowest BCUT2D eigenvalue weighted by atomic mass is 9.91. The Balaban J connectivity index is 1.17. The van der Waals surface area contributed by atoms with Crippen LogP contribution >= 0.6 is 0 Å². The lowest BCUT2D eigenvalue weighted by Gasteiger charge is -2.36. The third-order valence-corrected chi connectivity index (χ3v) is 6.95. The molecule has 1 saturated carbocycles. The number of carbonyl (C=O) groups excluding carboxylic acids is 1. The van der Waals surface area contributed by atoms with Gasteiger partial charge in [-0.05, 0) is 55.2 Å². The Labute approximate surface area is 178 Å². The number of amides is 1. The Kier molecular flexibility index (Phi) is 5.67. The molecule has 1 aromatic heterocycles. The zero-order valence-electron chi connectivity index (χ0n) is 17.6. The van der Waals surface area contributed by atoms with E-state index in [4.69, 9.17) is 0 Å². The average Bonchev–Trinajstić information content (AvgIpc) is 3.20. The molecule has 1 aromatic carbocycles. The number of anilines is 1. The number of rotatable bonds is 5. The first-order chi connectivity index (χ1) is 14.8. The van der Waals surface area contributed by atoms with E-state index in [1.807, 2.05) is 0 Å². The van der Waals surface area contributed by atoms with Crippen molar-refractivity contribution in [3.05, 3.63) is 53.0 Å². The maximum Gasteiger partial charge on any atom is 0.271 e. The molecule has 6 heteroatoms. The number of aromatic nitrogens is 2. The van der Waals surface area contributed by atoms with Crippen LogP contribution in [0.2, 0.25) is 0 Å². The standard InChI is InChI=1S/C24H31N5O/c30-24(22-16-26-23(17-25-22)29-10-1-2-11-29)27-15-18-6-7-19-8-12-28(21-4-3-5-21)13-9-20(19)14-18/h6-7,14,16-17,21H,1-5,8-13,15H2,(H,27,30). The predicted octanol–water partition coefficient (Wildman–Crippen LogP) is 2.96. The fourth-order valence-corrected chi connectivity index (χ4v) is 4.84. The third-order valence-electron chi connectivity index (χ3n) is 6.95. The fourth-order valence-electron chi connectivity index (χ4n) is 4.84. The van der Waals surface area contributed by atoms with E-state index < -0.39 is 0 Å². The number of fused-ring (bicyclic) bond motifs is 1. The van der Waals surface area contributed by atoms with Crippen LogP contribution in [0.1, 0.15) is 59.3 Å². The van der Waals surface area contributed by atoms with Crippen LogP contribution in [-0.4, -0.2) is 53.0 Å². The van der Waals surface area contributed by atoms with Crippen LogP contribution in [0, 0.1) is 0 Å². The molecule has 1 amide bonds.